The average Bonchev–Trinajstić information content (AvgIpc) is 2.86. The lowest BCUT2D eigenvalue weighted by atomic mass is 9.98. The molecule has 1 saturated heterocycles. The Morgan fingerprint density at radius 3 is 2.47 bits per heavy atom. The van der Waals surface area contributed by atoms with Gasteiger partial charge in [0.15, 0.2) is 0 Å². The molecule has 1 N–H and O–H groups in total. The van der Waals surface area contributed by atoms with Crippen LogP contribution in [0.1, 0.15) is 58.8 Å². The Morgan fingerprint density at radius 1 is 1.12 bits per heavy atom. The second-order valence-corrected chi connectivity index (χ2v) is 6.71. The molecule has 3 aliphatic rings. The van der Waals surface area contributed by atoms with Gasteiger partial charge in [0, 0.05) is 30.7 Å². The van der Waals surface area contributed by atoms with Gasteiger partial charge in [-0.05, 0) is 51.9 Å². The van der Waals surface area contributed by atoms with E-state index in [0.717, 1.165) is 30.1 Å². The molecule has 17 heavy (non-hydrogen) atoms. The molecule has 3 rings (SSSR count). The third-order valence-corrected chi connectivity index (χ3v) is 5.24. The number of hydrogen-bond donors (Lipinski definition) is 1. The molecule has 98 valence electrons. The molecule has 3 fully saturated rings. The molecule has 0 spiro atoms. The van der Waals surface area contributed by atoms with Crippen molar-refractivity contribution < 1.29 is 0 Å². The SMILES string of the molecule is CC1CC(N[C@H](C)C2CCCC2)CN1C1CC1. The normalized spacial score (nSPS) is 37.8. The van der Waals surface area contributed by atoms with Crippen LogP contribution in [-0.4, -0.2) is 35.6 Å². The summed E-state index contributed by atoms with van der Waals surface area (Å²) in [5.41, 5.74) is 0. The van der Waals surface area contributed by atoms with Gasteiger partial charge in [0.25, 0.3) is 0 Å². The van der Waals surface area contributed by atoms with E-state index in [1.54, 1.807) is 0 Å². The summed E-state index contributed by atoms with van der Waals surface area (Å²) in [7, 11) is 0. The zero-order valence-corrected chi connectivity index (χ0v) is 11.5. The minimum Gasteiger partial charge on any atom is -0.310 e. The number of likely N-dealkylation sites (tertiary alicyclic amines) is 1. The monoisotopic (exact) mass is 236 g/mol. The van der Waals surface area contributed by atoms with Crippen LogP contribution in [-0.2, 0) is 0 Å². The Balaban J connectivity index is 1.48. The molecule has 3 atom stereocenters. The van der Waals surface area contributed by atoms with Gasteiger partial charge >= 0.3 is 0 Å². The predicted octanol–water partition coefficient (Wildman–Crippen LogP) is 2.78. The van der Waals surface area contributed by atoms with Crippen LogP contribution in [0, 0.1) is 5.92 Å². The van der Waals surface area contributed by atoms with Crippen molar-refractivity contribution in [2.24, 2.45) is 5.92 Å². The first kappa shape index (κ1) is 12.0. The van der Waals surface area contributed by atoms with Crippen molar-refractivity contribution in [3.8, 4) is 0 Å². The Bertz CT molecular complexity index is 256. The highest BCUT2D eigenvalue weighted by atomic mass is 15.3. The smallest absolute Gasteiger partial charge is 0.0212 e. The van der Waals surface area contributed by atoms with Crippen LogP contribution in [0.15, 0.2) is 0 Å². The van der Waals surface area contributed by atoms with Crippen molar-refractivity contribution >= 4 is 0 Å². The molecule has 2 aliphatic carbocycles. The van der Waals surface area contributed by atoms with E-state index in [-0.39, 0.29) is 0 Å². The second-order valence-electron chi connectivity index (χ2n) is 6.71. The fourth-order valence-electron chi connectivity index (χ4n) is 4.06. The summed E-state index contributed by atoms with van der Waals surface area (Å²) >= 11 is 0. The fourth-order valence-corrected chi connectivity index (χ4v) is 4.06. The molecular weight excluding hydrogens is 208 g/mol. The Kier molecular flexibility index (Phi) is 3.45. The van der Waals surface area contributed by atoms with Gasteiger partial charge in [0.2, 0.25) is 0 Å². The summed E-state index contributed by atoms with van der Waals surface area (Å²) in [6.07, 6.45) is 10.1. The molecule has 0 aromatic rings. The molecule has 1 aliphatic heterocycles. The highest BCUT2D eigenvalue weighted by Gasteiger charge is 2.39. The summed E-state index contributed by atoms with van der Waals surface area (Å²) < 4.78 is 0. The third-order valence-electron chi connectivity index (χ3n) is 5.24. The lowest BCUT2D eigenvalue weighted by molar-refractivity contribution is 0.251. The van der Waals surface area contributed by atoms with Gasteiger partial charge in [-0.15, -0.1) is 0 Å². The van der Waals surface area contributed by atoms with Gasteiger partial charge in [0.1, 0.15) is 0 Å². The summed E-state index contributed by atoms with van der Waals surface area (Å²) in [6.45, 7) is 6.14. The number of nitrogens with zero attached hydrogens (tertiary/aromatic N) is 1. The standard InChI is InChI=1S/C15H28N2/c1-11-9-14(10-17(11)15-7-8-15)16-12(2)13-5-3-4-6-13/h11-16H,3-10H2,1-2H3/t11?,12-,14?/m1/s1. The minimum absolute atomic E-state index is 0.744. The van der Waals surface area contributed by atoms with Gasteiger partial charge in [-0.3, -0.25) is 4.90 Å². The minimum atomic E-state index is 0.744. The van der Waals surface area contributed by atoms with Crippen molar-refractivity contribution in [1.29, 1.82) is 0 Å². The van der Waals surface area contributed by atoms with E-state index in [4.69, 9.17) is 0 Å². The molecule has 2 unspecified atom stereocenters. The number of nitrogens with one attached hydrogen (secondary N) is 1. The maximum atomic E-state index is 3.92. The maximum Gasteiger partial charge on any atom is 0.0212 e. The summed E-state index contributed by atoms with van der Waals surface area (Å²) in [4.78, 5) is 2.75. The Labute approximate surface area is 106 Å². The molecular formula is C15H28N2. The highest BCUT2D eigenvalue weighted by molar-refractivity contribution is 4.97. The average molecular weight is 236 g/mol. The molecule has 1 heterocycles. The predicted molar refractivity (Wildman–Crippen MR) is 72.2 cm³/mol. The Morgan fingerprint density at radius 2 is 1.82 bits per heavy atom. The van der Waals surface area contributed by atoms with Crippen molar-refractivity contribution in [2.75, 3.05) is 6.54 Å². The molecule has 2 heteroatoms. The van der Waals surface area contributed by atoms with Crippen LogP contribution in [0.25, 0.3) is 0 Å². The van der Waals surface area contributed by atoms with E-state index >= 15 is 0 Å². The van der Waals surface area contributed by atoms with Gasteiger partial charge in [-0.2, -0.15) is 0 Å². The molecule has 0 bridgehead atoms. The molecule has 0 amide bonds. The van der Waals surface area contributed by atoms with Crippen molar-refractivity contribution in [3.63, 3.8) is 0 Å². The van der Waals surface area contributed by atoms with Crippen LogP contribution in [0.4, 0.5) is 0 Å². The first-order chi connectivity index (χ1) is 8.24. The molecule has 0 aromatic carbocycles. The second kappa shape index (κ2) is 4.89. The Hall–Kier alpha value is -0.0800. The molecule has 0 aromatic heterocycles. The zero-order valence-electron chi connectivity index (χ0n) is 11.5. The van der Waals surface area contributed by atoms with Gasteiger partial charge in [-0.1, -0.05) is 12.8 Å². The number of rotatable bonds is 4. The quantitative estimate of drug-likeness (QED) is 0.807. The van der Waals surface area contributed by atoms with E-state index in [1.807, 2.05) is 0 Å². The summed E-state index contributed by atoms with van der Waals surface area (Å²) in [6, 6.07) is 3.27. The van der Waals surface area contributed by atoms with Crippen molar-refractivity contribution in [1.82, 2.24) is 10.2 Å². The maximum absolute atomic E-state index is 3.92. The largest absolute Gasteiger partial charge is 0.310 e. The van der Waals surface area contributed by atoms with Crippen LogP contribution in [0.3, 0.4) is 0 Å². The van der Waals surface area contributed by atoms with Crippen LogP contribution in [0.2, 0.25) is 0 Å². The molecule has 2 nitrogen and oxygen atoms in total. The van der Waals surface area contributed by atoms with E-state index in [2.05, 4.69) is 24.1 Å². The van der Waals surface area contributed by atoms with E-state index in [0.29, 0.717) is 0 Å². The fraction of sp³-hybridized carbons (Fsp3) is 1.00. The van der Waals surface area contributed by atoms with Gasteiger partial charge in [0.05, 0.1) is 0 Å². The zero-order chi connectivity index (χ0) is 11.8. The van der Waals surface area contributed by atoms with E-state index < -0.39 is 0 Å². The highest BCUT2D eigenvalue weighted by Crippen LogP contribution is 2.34. The molecule has 2 saturated carbocycles. The van der Waals surface area contributed by atoms with Gasteiger partial charge in [-0.25, -0.2) is 0 Å². The van der Waals surface area contributed by atoms with E-state index in [1.165, 1.54) is 51.5 Å². The van der Waals surface area contributed by atoms with Gasteiger partial charge < -0.3 is 5.32 Å². The van der Waals surface area contributed by atoms with Crippen molar-refractivity contribution in [2.45, 2.75) is 83.0 Å². The van der Waals surface area contributed by atoms with Crippen LogP contribution < -0.4 is 5.32 Å². The van der Waals surface area contributed by atoms with Crippen molar-refractivity contribution in [3.05, 3.63) is 0 Å². The summed E-state index contributed by atoms with van der Waals surface area (Å²) in [5.74, 6) is 0.959. The lowest BCUT2D eigenvalue weighted by Gasteiger charge is -2.25. The molecule has 0 radical (unpaired) electrons. The van der Waals surface area contributed by atoms with E-state index in [9.17, 15) is 0 Å². The first-order valence-corrected chi connectivity index (χ1v) is 7.76. The van der Waals surface area contributed by atoms with Crippen LogP contribution >= 0.6 is 0 Å². The lowest BCUT2D eigenvalue weighted by Crippen LogP contribution is -2.42. The third kappa shape index (κ3) is 2.68. The number of hydrogen-bond acceptors (Lipinski definition) is 2. The first-order valence-electron chi connectivity index (χ1n) is 7.76. The van der Waals surface area contributed by atoms with Crippen LogP contribution in [0.5, 0.6) is 0 Å². The summed E-state index contributed by atoms with van der Waals surface area (Å²) in [5, 5.41) is 3.92. The topological polar surface area (TPSA) is 15.3 Å².